The molecule has 1 aromatic rings. The van der Waals surface area contributed by atoms with Gasteiger partial charge in [-0.25, -0.2) is 4.98 Å². The van der Waals surface area contributed by atoms with Crippen molar-refractivity contribution >= 4 is 5.97 Å². The molecular weight excluding hydrogens is 156 g/mol. The van der Waals surface area contributed by atoms with Crippen molar-refractivity contribution in [1.82, 2.24) is 9.97 Å². The van der Waals surface area contributed by atoms with Crippen molar-refractivity contribution in [3.8, 4) is 0 Å². The van der Waals surface area contributed by atoms with E-state index < -0.39 is 5.97 Å². The monoisotopic (exact) mass is 166 g/mol. The molecule has 0 spiro atoms. The summed E-state index contributed by atoms with van der Waals surface area (Å²) < 4.78 is 0. The lowest BCUT2D eigenvalue weighted by atomic mass is 9.90. The molecule has 0 radical (unpaired) electrons. The second-order valence-electron chi connectivity index (χ2n) is 3.05. The third-order valence-corrected chi connectivity index (χ3v) is 2.30. The van der Waals surface area contributed by atoms with E-state index >= 15 is 0 Å². The highest BCUT2D eigenvalue weighted by Crippen LogP contribution is 2.28. The number of aliphatic carboxylic acids is 1. The number of nitrogens with zero attached hydrogens (tertiary/aromatic N) is 1. The van der Waals surface area contributed by atoms with Gasteiger partial charge in [0.05, 0.1) is 12.0 Å². The van der Waals surface area contributed by atoms with Crippen LogP contribution < -0.4 is 0 Å². The largest absolute Gasteiger partial charge is 0.481 e. The molecule has 1 aromatic heterocycles. The smallest absolute Gasteiger partial charge is 0.312 e. The van der Waals surface area contributed by atoms with Crippen LogP contribution in [0.1, 0.15) is 30.1 Å². The molecular formula is C8H10N2O2. The molecule has 12 heavy (non-hydrogen) atoms. The number of carboxylic acids is 1. The van der Waals surface area contributed by atoms with Gasteiger partial charge in [0.15, 0.2) is 0 Å². The predicted molar refractivity (Wildman–Crippen MR) is 41.9 cm³/mol. The van der Waals surface area contributed by atoms with Gasteiger partial charge in [-0.2, -0.15) is 0 Å². The van der Waals surface area contributed by atoms with E-state index in [4.69, 9.17) is 5.11 Å². The van der Waals surface area contributed by atoms with Crippen LogP contribution in [0.3, 0.4) is 0 Å². The van der Waals surface area contributed by atoms with E-state index in [1.165, 1.54) is 0 Å². The Kier molecular flexibility index (Phi) is 1.60. The number of carboxylic acid groups (broad SMARTS) is 1. The van der Waals surface area contributed by atoms with Crippen LogP contribution in [0, 0.1) is 0 Å². The van der Waals surface area contributed by atoms with Crippen LogP contribution in [0.4, 0.5) is 0 Å². The van der Waals surface area contributed by atoms with Crippen LogP contribution in [0.2, 0.25) is 0 Å². The number of fused-ring (bicyclic) bond motifs is 1. The molecule has 0 saturated carbocycles. The second kappa shape index (κ2) is 2.62. The van der Waals surface area contributed by atoms with Crippen LogP contribution in [0.15, 0.2) is 6.33 Å². The van der Waals surface area contributed by atoms with Gasteiger partial charge < -0.3 is 10.1 Å². The molecule has 0 aromatic carbocycles. The number of carbonyl (C=O) groups is 1. The van der Waals surface area contributed by atoms with Gasteiger partial charge in [-0.3, -0.25) is 4.79 Å². The quantitative estimate of drug-likeness (QED) is 0.651. The Balaban J connectivity index is 2.37. The summed E-state index contributed by atoms with van der Waals surface area (Å²) in [7, 11) is 0. The molecule has 0 fully saturated rings. The summed E-state index contributed by atoms with van der Waals surface area (Å²) in [6, 6.07) is 0. The summed E-state index contributed by atoms with van der Waals surface area (Å²) in [5.41, 5.74) is 1.72. The number of hydrogen-bond acceptors (Lipinski definition) is 2. The Labute approximate surface area is 69.6 Å². The number of nitrogens with one attached hydrogen (secondary N) is 1. The zero-order valence-electron chi connectivity index (χ0n) is 6.58. The highest BCUT2D eigenvalue weighted by Gasteiger charge is 2.27. The minimum Gasteiger partial charge on any atom is -0.481 e. The predicted octanol–water partition coefficient (Wildman–Crippen LogP) is 0.914. The van der Waals surface area contributed by atoms with Crippen molar-refractivity contribution in [2.24, 2.45) is 0 Å². The average molecular weight is 166 g/mol. The molecule has 0 aliphatic heterocycles. The zero-order valence-corrected chi connectivity index (χ0v) is 6.58. The summed E-state index contributed by atoms with van der Waals surface area (Å²) in [4.78, 5) is 17.8. The maximum atomic E-state index is 10.8. The molecule has 1 atom stereocenters. The Hall–Kier alpha value is -1.32. The van der Waals surface area contributed by atoms with E-state index in [1.807, 2.05) is 0 Å². The molecule has 1 aliphatic carbocycles. The van der Waals surface area contributed by atoms with Crippen LogP contribution in [-0.4, -0.2) is 21.0 Å². The molecule has 1 heterocycles. The lowest BCUT2D eigenvalue weighted by molar-refractivity contribution is -0.139. The van der Waals surface area contributed by atoms with E-state index in [2.05, 4.69) is 9.97 Å². The number of hydrogen-bond donors (Lipinski definition) is 2. The number of aromatic nitrogens is 2. The highest BCUT2D eigenvalue weighted by atomic mass is 16.4. The fourth-order valence-electron chi connectivity index (χ4n) is 1.69. The van der Waals surface area contributed by atoms with Crippen molar-refractivity contribution in [2.45, 2.75) is 25.2 Å². The minimum absolute atomic E-state index is 0.389. The normalized spacial score (nSPS) is 21.8. The fraction of sp³-hybridized carbons (Fsp3) is 0.500. The zero-order chi connectivity index (χ0) is 8.55. The van der Waals surface area contributed by atoms with Gasteiger partial charge in [-0.05, 0) is 19.3 Å². The summed E-state index contributed by atoms with van der Waals surface area (Å²) >= 11 is 0. The molecule has 0 bridgehead atoms. The first-order chi connectivity index (χ1) is 5.79. The van der Waals surface area contributed by atoms with Gasteiger partial charge in [-0.15, -0.1) is 0 Å². The van der Waals surface area contributed by atoms with Gasteiger partial charge in [0.1, 0.15) is 5.92 Å². The minimum atomic E-state index is -0.761. The molecule has 4 heteroatoms. The van der Waals surface area contributed by atoms with Gasteiger partial charge in [0.2, 0.25) is 0 Å². The van der Waals surface area contributed by atoms with Gasteiger partial charge in [-0.1, -0.05) is 0 Å². The summed E-state index contributed by atoms with van der Waals surface area (Å²) in [5, 5.41) is 8.85. The molecule has 2 N–H and O–H groups in total. The first-order valence-corrected chi connectivity index (χ1v) is 4.04. The van der Waals surface area contributed by atoms with E-state index in [1.54, 1.807) is 6.33 Å². The number of aryl methyl sites for hydroxylation is 1. The number of H-pyrrole nitrogens is 1. The van der Waals surface area contributed by atoms with Crippen LogP contribution >= 0.6 is 0 Å². The third-order valence-electron chi connectivity index (χ3n) is 2.30. The van der Waals surface area contributed by atoms with E-state index in [0.717, 1.165) is 24.2 Å². The SMILES string of the molecule is O=C(O)[C@@H]1CCCc2[nH]cnc21. The topological polar surface area (TPSA) is 66.0 Å². The molecule has 64 valence electrons. The summed E-state index contributed by atoms with van der Waals surface area (Å²) in [6.07, 6.45) is 4.16. The average Bonchev–Trinajstić information content (AvgIpc) is 2.49. The van der Waals surface area contributed by atoms with Gasteiger partial charge >= 0.3 is 5.97 Å². The third kappa shape index (κ3) is 0.995. The first-order valence-electron chi connectivity index (χ1n) is 4.04. The fourth-order valence-corrected chi connectivity index (χ4v) is 1.69. The summed E-state index contributed by atoms with van der Waals surface area (Å²) in [5.74, 6) is -1.15. The number of rotatable bonds is 1. The highest BCUT2D eigenvalue weighted by molar-refractivity contribution is 5.76. The lowest BCUT2D eigenvalue weighted by Gasteiger charge is -2.16. The lowest BCUT2D eigenvalue weighted by Crippen LogP contribution is -2.17. The van der Waals surface area contributed by atoms with Crippen molar-refractivity contribution in [2.75, 3.05) is 0 Å². The van der Waals surface area contributed by atoms with E-state index in [-0.39, 0.29) is 5.92 Å². The van der Waals surface area contributed by atoms with Crippen molar-refractivity contribution in [3.05, 3.63) is 17.7 Å². The molecule has 1 aliphatic rings. The second-order valence-corrected chi connectivity index (χ2v) is 3.05. The maximum absolute atomic E-state index is 10.8. The van der Waals surface area contributed by atoms with Gasteiger partial charge in [0.25, 0.3) is 0 Å². The van der Waals surface area contributed by atoms with Crippen molar-refractivity contribution in [1.29, 1.82) is 0 Å². The standard InChI is InChI=1S/C8H10N2O2/c11-8(12)5-2-1-3-6-7(5)10-4-9-6/h4-5H,1-3H2,(H,9,10)(H,11,12)/t5-/m1/s1. The Morgan fingerprint density at radius 2 is 2.58 bits per heavy atom. The molecule has 2 rings (SSSR count). The Morgan fingerprint density at radius 1 is 1.75 bits per heavy atom. The van der Waals surface area contributed by atoms with Crippen LogP contribution in [0.25, 0.3) is 0 Å². The number of imidazole rings is 1. The molecule has 0 saturated heterocycles. The molecule has 0 unspecified atom stereocenters. The molecule has 0 amide bonds. The molecule has 4 nitrogen and oxygen atoms in total. The van der Waals surface area contributed by atoms with Crippen LogP contribution in [0.5, 0.6) is 0 Å². The number of aromatic amines is 1. The summed E-state index contributed by atoms with van der Waals surface area (Å²) in [6.45, 7) is 0. The van der Waals surface area contributed by atoms with Crippen molar-refractivity contribution < 1.29 is 9.90 Å². The Morgan fingerprint density at radius 3 is 3.33 bits per heavy atom. The first kappa shape index (κ1) is 7.34. The van der Waals surface area contributed by atoms with Crippen LogP contribution in [-0.2, 0) is 11.2 Å². The van der Waals surface area contributed by atoms with E-state index in [0.29, 0.717) is 6.42 Å². The Bertz CT molecular complexity index is 306. The van der Waals surface area contributed by atoms with E-state index in [9.17, 15) is 4.79 Å². The maximum Gasteiger partial charge on any atom is 0.312 e. The van der Waals surface area contributed by atoms with Crippen molar-refractivity contribution in [3.63, 3.8) is 0 Å². The van der Waals surface area contributed by atoms with Gasteiger partial charge in [0, 0.05) is 5.69 Å².